The molecule has 2 aromatic carbocycles. The number of benzene rings is 2. The van der Waals surface area contributed by atoms with E-state index in [9.17, 15) is 14.4 Å². The average Bonchev–Trinajstić information content (AvgIpc) is 2.78. The molecule has 0 aliphatic carbocycles. The predicted octanol–water partition coefficient (Wildman–Crippen LogP) is 7.27. The van der Waals surface area contributed by atoms with Crippen LogP contribution in [0, 0.1) is 0 Å². The Bertz CT molecular complexity index is 1080. The van der Waals surface area contributed by atoms with Crippen molar-refractivity contribution in [2.24, 2.45) is 0 Å². The number of amides is 4. The fourth-order valence-corrected chi connectivity index (χ4v) is 5.08. The molecule has 1 heterocycles. The van der Waals surface area contributed by atoms with Crippen LogP contribution in [0.25, 0.3) is 6.08 Å². The molecule has 4 amide bonds. The predicted molar refractivity (Wildman–Crippen MR) is 141 cm³/mol. The maximum Gasteiger partial charge on any atom is 0.335 e. The topological polar surface area (TPSA) is 75.7 Å². The van der Waals surface area contributed by atoms with Gasteiger partial charge in [-0.05, 0) is 86.3 Å². The average molecular weight is 613 g/mol. The van der Waals surface area contributed by atoms with Gasteiger partial charge in [-0.2, -0.15) is 0 Å². The summed E-state index contributed by atoms with van der Waals surface area (Å²) >= 11 is 12.9. The van der Waals surface area contributed by atoms with Crippen molar-refractivity contribution in [2.45, 2.75) is 45.4 Å². The lowest BCUT2D eigenvalue weighted by Crippen LogP contribution is -2.54. The van der Waals surface area contributed by atoms with E-state index in [4.69, 9.17) is 16.3 Å². The molecule has 34 heavy (non-hydrogen) atoms. The molecule has 0 radical (unpaired) electrons. The normalized spacial score (nSPS) is 15.1. The zero-order valence-electron chi connectivity index (χ0n) is 18.7. The number of anilines is 1. The lowest BCUT2D eigenvalue weighted by Gasteiger charge is -2.26. The van der Waals surface area contributed by atoms with E-state index in [-0.39, 0.29) is 5.57 Å². The number of nitrogens with one attached hydrogen (secondary N) is 1. The van der Waals surface area contributed by atoms with Crippen molar-refractivity contribution >= 4 is 73.1 Å². The fourth-order valence-electron chi connectivity index (χ4n) is 3.51. The Morgan fingerprint density at radius 2 is 1.59 bits per heavy atom. The number of ether oxygens (including phenoxy) is 1. The summed E-state index contributed by atoms with van der Waals surface area (Å²) in [6.45, 7) is 2.80. The molecule has 0 aromatic heterocycles. The highest BCUT2D eigenvalue weighted by Gasteiger charge is 2.36. The Kier molecular flexibility index (Phi) is 9.74. The Balaban J connectivity index is 1.74. The van der Waals surface area contributed by atoms with Gasteiger partial charge in [0.1, 0.15) is 11.3 Å². The molecule has 1 fully saturated rings. The molecular weight excluding hydrogens is 588 g/mol. The van der Waals surface area contributed by atoms with E-state index in [0.29, 0.717) is 37.6 Å². The van der Waals surface area contributed by atoms with E-state index in [1.54, 1.807) is 24.3 Å². The van der Waals surface area contributed by atoms with Gasteiger partial charge in [-0.1, -0.05) is 50.6 Å². The number of rotatable bonds is 10. The number of halogens is 3. The molecule has 180 valence electrons. The van der Waals surface area contributed by atoms with Crippen LogP contribution in [0.1, 0.15) is 51.0 Å². The molecule has 0 unspecified atom stereocenters. The molecule has 0 saturated carbocycles. The number of unbranched alkanes of at least 4 members (excludes halogenated alkanes) is 5. The summed E-state index contributed by atoms with van der Waals surface area (Å²) in [6, 6.07) is 8.92. The first-order valence-electron chi connectivity index (χ1n) is 11.1. The first-order chi connectivity index (χ1) is 16.3. The van der Waals surface area contributed by atoms with E-state index in [1.165, 1.54) is 43.9 Å². The molecule has 2 aromatic rings. The van der Waals surface area contributed by atoms with Crippen LogP contribution in [0.15, 0.2) is 50.9 Å². The van der Waals surface area contributed by atoms with Crippen molar-refractivity contribution in [1.29, 1.82) is 0 Å². The third-order valence-electron chi connectivity index (χ3n) is 5.26. The minimum absolute atomic E-state index is 0.158. The van der Waals surface area contributed by atoms with Gasteiger partial charge in [0, 0.05) is 5.02 Å². The van der Waals surface area contributed by atoms with Crippen molar-refractivity contribution < 1.29 is 19.1 Å². The Morgan fingerprint density at radius 1 is 0.971 bits per heavy atom. The van der Waals surface area contributed by atoms with Gasteiger partial charge in [0.05, 0.1) is 21.2 Å². The summed E-state index contributed by atoms with van der Waals surface area (Å²) in [4.78, 5) is 38.7. The first-order valence-corrected chi connectivity index (χ1v) is 13.1. The van der Waals surface area contributed by atoms with Crippen LogP contribution >= 0.6 is 43.5 Å². The largest absolute Gasteiger partial charge is 0.491 e. The van der Waals surface area contributed by atoms with E-state index >= 15 is 0 Å². The molecule has 3 rings (SSSR count). The van der Waals surface area contributed by atoms with Crippen molar-refractivity contribution in [1.82, 2.24) is 5.32 Å². The van der Waals surface area contributed by atoms with Crippen molar-refractivity contribution in [2.75, 3.05) is 11.5 Å². The number of urea groups is 1. The zero-order chi connectivity index (χ0) is 24.7. The van der Waals surface area contributed by atoms with Gasteiger partial charge in [0.15, 0.2) is 0 Å². The number of carbonyl (C=O) groups is 3. The van der Waals surface area contributed by atoms with Gasteiger partial charge in [-0.3, -0.25) is 14.9 Å². The fraction of sp³-hybridized carbons (Fsp3) is 0.320. The van der Waals surface area contributed by atoms with E-state index in [0.717, 1.165) is 17.7 Å². The second-order valence-corrected chi connectivity index (χ2v) is 10.0. The maximum absolute atomic E-state index is 13.0. The van der Waals surface area contributed by atoms with Crippen molar-refractivity contribution in [3.8, 4) is 5.75 Å². The quantitative estimate of drug-likeness (QED) is 0.174. The van der Waals surface area contributed by atoms with Gasteiger partial charge in [-0.15, -0.1) is 0 Å². The van der Waals surface area contributed by atoms with Gasteiger partial charge in [-0.25, -0.2) is 9.69 Å². The number of hydrogen-bond donors (Lipinski definition) is 1. The molecule has 1 saturated heterocycles. The second-order valence-electron chi connectivity index (χ2n) is 7.86. The molecule has 1 aliphatic rings. The monoisotopic (exact) mass is 610 g/mol. The van der Waals surface area contributed by atoms with E-state index < -0.39 is 17.8 Å². The highest BCUT2D eigenvalue weighted by molar-refractivity contribution is 9.11. The molecule has 0 spiro atoms. The summed E-state index contributed by atoms with van der Waals surface area (Å²) in [6.07, 6.45) is 8.48. The summed E-state index contributed by atoms with van der Waals surface area (Å²) in [7, 11) is 0. The van der Waals surface area contributed by atoms with Gasteiger partial charge < -0.3 is 4.74 Å². The van der Waals surface area contributed by atoms with Gasteiger partial charge in [0.25, 0.3) is 11.8 Å². The number of imide groups is 2. The zero-order valence-corrected chi connectivity index (χ0v) is 22.6. The Labute approximate surface area is 220 Å². The number of nitrogens with zero attached hydrogens (tertiary/aromatic N) is 1. The van der Waals surface area contributed by atoms with Crippen LogP contribution in [-0.4, -0.2) is 24.5 Å². The second kappa shape index (κ2) is 12.5. The minimum Gasteiger partial charge on any atom is -0.491 e. The van der Waals surface area contributed by atoms with Crippen LogP contribution < -0.4 is 15.0 Å². The molecule has 0 atom stereocenters. The molecule has 1 aliphatic heterocycles. The Morgan fingerprint density at radius 3 is 2.24 bits per heavy atom. The third-order valence-corrected chi connectivity index (χ3v) is 6.69. The molecule has 0 bridgehead atoms. The lowest BCUT2D eigenvalue weighted by atomic mass is 10.1. The third kappa shape index (κ3) is 6.71. The van der Waals surface area contributed by atoms with Crippen molar-refractivity contribution in [3.05, 3.63) is 61.5 Å². The van der Waals surface area contributed by atoms with E-state index in [1.807, 2.05) is 0 Å². The molecule has 6 nitrogen and oxygen atoms in total. The summed E-state index contributed by atoms with van der Waals surface area (Å²) in [5, 5.41) is 2.68. The van der Waals surface area contributed by atoms with Crippen molar-refractivity contribution in [3.63, 3.8) is 0 Å². The molecule has 1 N–H and O–H groups in total. The van der Waals surface area contributed by atoms with Crippen LogP contribution in [0.4, 0.5) is 10.5 Å². The summed E-state index contributed by atoms with van der Waals surface area (Å²) in [5.41, 5.74) is 0.745. The molecule has 9 heteroatoms. The van der Waals surface area contributed by atoms with Crippen LogP contribution in [-0.2, 0) is 9.59 Å². The van der Waals surface area contributed by atoms with Crippen LogP contribution in [0.2, 0.25) is 5.02 Å². The summed E-state index contributed by atoms with van der Waals surface area (Å²) < 4.78 is 7.31. The van der Waals surface area contributed by atoms with Crippen LogP contribution in [0.5, 0.6) is 5.75 Å². The number of barbiturate groups is 1. The number of hydrogen-bond acceptors (Lipinski definition) is 4. The van der Waals surface area contributed by atoms with Gasteiger partial charge in [0.2, 0.25) is 0 Å². The Hall–Kier alpha value is -2.16. The highest BCUT2D eigenvalue weighted by atomic mass is 79.9. The van der Waals surface area contributed by atoms with Gasteiger partial charge >= 0.3 is 6.03 Å². The standard InChI is InChI=1S/C25H25Br2ClN2O4/c1-2-3-4-5-6-7-12-34-22-20(26)14-16(15-21(22)27)13-19-23(31)29-25(33)30(24(19)32)18-10-8-17(28)9-11-18/h8-11,13-15H,2-7,12H2,1H3,(H,29,31,33)/b19-13-. The van der Waals surface area contributed by atoms with Crippen LogP contribution in [0.3, 0.4) is 0 Å². The lowest BCUT2D eigenvalue weighted by molar-refractivity contribution is -0.122. The SMILES string of the molecule is CCCCCCCCOc1c(Br)cc(/C=C2/C(=O)NC(=O)N(c3ccc(Cl)cc3)C2=O)cc1Br. The first kappa shape index (κ1) is 26.4. The maximum atomic E-state index is 13.0. The smallest absolute Gasteiger partial charge is 0.335 e. The summed E-state index contributed by atoms with van der Waals surface area (Å²) in [5.74, 6) is -0.810. The highest BCUT2D eigenvalue weighted by Crippen LogP contribution is 2.36. The van der Waals surface area contributed by atoms with E-state index in [2.05, 4.69) is 44.1 Å². The minimum atomic E-state index is -0.810. The number of carbonyl (C=O) groups excluding carboxylic acids is 3. The molecular formula is C25H25Br2ClN2O4.